The fraction of sp³-hybridized carbons (Fsp3) is 0.476. The molecule has 0 bridgehead atoms. The van der Waals surface area contributed by atoms with Gasteiger partial charge in [-0.15, -0.1) is 0 Å². The van der Waals surface area contributed by atoms with Crippen molar-refractivity contribution in [3.05, 3.63) is 39.7 Å². The van der Waals surface area contributed by atoms with E-state index in [1.54, 1.807) is 15.5 Å². The summed E-state index contributed by atoms with van der Waals surface area (Å²) in [6.07, 6.45) is -3.40. The van der Waals surface area contributed by atoms with E-state index in [1.165, 1.54) is 12.3 Å². The second-order valence-corrected chi connectivity index (χ2v) is 8.28. The van der Waals surface area contributed by atoms with Crippen LogP contribution in [-0.4, -0.2) is 64.7 Å². The maximum absolute atomic E-state index is 13.4. The van der Waals surface area contributed by atoms with Crippen LogP contribution in [0.5, 0.6) is 0 Å². The zero-order valence-electron chi connectivity index (χ0n) is 17.5. The minimum atomic E-state index is -5.96. The Balaban J connectivity index is 1.67. The molecular weight excluding hydrogens is 453 g/mol. The van der Waals surface area contributed by atoms with E-state index in [0.29, 0.717) is 28.9 Å². The molecule has 1 amide bonds. The minimum Gasteiger partial charge on any atom is -0.477 e. The Labute approximate surface area is 184 Å². The number of anilines is 1. The van der Waals surface area contributed by atoms with Gasteiger partial charge in [-0.2, -0.15) is 22.0 Å². The van der Waals surface area contributed by atoms with Gasteiger partial charge in [-0.3, -0.25) is 9.59 Å². The third kappa shape index (κ3) is 3.61. The lowest BCUT2D eigenvalue weighted by Gasteiger charge is -2.39. The Morgan fingerprint density at radius 3 is 2.27 bits per heavy atom. The lowest BCUT2D eigenvalue weighted by Crippen LogP contribution is -2.57. The van der Waals surface area contributed by atoms with Crippen molar-refractivity contribution in [1.82, 2.24) is 9.47 Å². The molecule has 1 aromatic heterocycles. The molecule has 0 saturated carbocycles. The van der Waals surface area contributed by atoms with Crippen molar-refractivity contribution in [2.45, 2.75) is 37.9 Å². The molecule has 2 aromatic rings. The lowest BCUT2D eigenvalue weighted by atomic mass is 9.94. The highest BCUT2D eigenvalue weighted by atomic mass is 19.4. The van der Waals surface area contributed by atoms with E-state index in [1.807, 2.05) is 6.92 Å². The summed E-state index contributed by atoms with van der Waals surface area (Å²) < 4.78 is 66.2. The molecule has 0 aliphatic carbocycles. The van der Waals surface area contributed by atoms with Gasteiger partial charge >= 0.3 is 24.0 Å². The van der Waals surface area contributed by atoms with Crippen molar-refractivity contribution in [1.29, 1.82) is 0 Å². The molecule has 1 aromatic carbocycles. The van der Waals surface area contributed by atoms with Crippen molar-refractivity contribution in [3.8, 4) is 0 Å². The molecule has 1 atom stereocenters. The summed E-state index contributed by atoms with van der Waals surface area (Å²) in [5.74, 6) is -9.04. The monoisotopic (exact) mass is 473 g/mol. The first-order valence-electron chi connectivity index (χ1n) is 10.3. The van der Waals surface area contributed by atoms with Crippen molar-refractivity contribution in [2.75, 3.05) is 31.1 Å². The predicted molar refractivity (Wildman–Crippen MR) is 108 cm³/mol. The van der Waals surface area contributed by atoms with Gasteiger partial charge in [0.15, 0.2) is 0 Å². The number of benzene rings is 1. The summed E-state index contributed by atoms with van der Waals surface area (Å²) in [6.45, 7) is 1.33. The Kier molecular flexibility index (Phi) is 5.37. The lowest BCUT2D eigenvalue weighted by molar-refractivity contribution is -0.274. The number of hydrogen-bond acceptors (Lipinski definition) is 4. The zero-order valence-corrected chi connectivity index (χ0v) is 17.5. The summed E-state index contributed by atoms with van der Waals surface area (Å²) in [4.78, 5) is 38.2. The van der Waals surface area contributed by atoms with Crippen LogP contribution < -0.4 is 10.3 Å². The fourth-order valence-corrected chi connectivity index (χ4v) is 4.52. The van der Waals surface area contributed by atoms with E-state index < -0.39 is 29.4 Å². The first-order chi connectivity index (χ1) is 15.3. The number of amides is 1. The number of alkyl halides is 5. The van der Waals surface area contributed by atoms with E-state index in [4.69, 9.17) is 0 Å². The highest BCUT2D eigenvalue weighted by molar-refractivity contribution is 5.95. The number of aromatic carboxylic acids is 1. The molecule has 4 rings (SSSR count). The van der Waals surface area contributed by atoms with Crippen molar-refractivity contribution in [2.24, 2.45) is 0 Å². The molecule has 3 heterocycles. The van der Waals surface area contributed by atoms with Gasteiger partial charge in [-0.25, -0.2) is 4.79 Å². The number of piperazine rings is 1. The second-order valence-electron chi connectivity index (χ2n) is 8.28. The van der Waals surface area contributed by atoms with Crippen LogP contribution in [0.25, 0.3) is 10.9 Å². The van der Waals surface area contributed by atoms with Crippen LogP contribution in [0.1, 0.15) is 35.3 Å². The van der Waals surface area contributed by atoms with Gasteiger partial charge in [0, 0.05) is 49.5 Å². The Morgan fingerprint density at radius 2 is 1.70 bits per heavy atom. The number of carboxylic acid groups (broad SMARTS) is 1. The SMILES string of the molecule is CC1CCc2c(N3CCN(C(=O)C(F)(F)C(F)(F)F)CC3)ccc3c(=O)c(C(=O)O)cn1c23. The topological polar surface area (TPSA) is 82.8 Å². The first-order valence-corrected chi connectivity index (χ1v) is 10.3. The van der Waals surface area contributed by atoms with Gasteiger partial charge in [-0.05, 0) is 37.5 Å². The number of carboxylic acids is 1. The highest BCUT2D eigenvalue weighted by Crippen LogP contribution is 2.39. The molecule has 1 fully saturated rings. The van der Waals surface area contributed by atoms with E-state index in [9.17, 15) is 41.4 Å². The average molecular weight is 473 g/mol. The zero-order chi connectivity index (χ0) is 24.3. The van der Waals surface area contributed by atoms with Crippen LogP contribution in [0.15, 0.2) is 23.1 Å². The third-order valence-corrected chi connectivity index (χ3v) is 6.32. The smallest absolute Gasteiger partial charge is 0.463 e. The molecule has 33 heavy (non-hydrogen) atoms. The molecule has 1 unspecified atom stereocenters. The summed E-state index contributed by atoms with van der Waals surface area (Å²) in [5.41, 5.74) is 1.09. The third-order valence-electron chi connectivity index (χ3n) is 6.32. The van der Waals surface area contributed by atoms with Gasteiger partial charge in [0.2, 0.25) is 5.43 Å². The van der Waals surface area contributed by atoms with Crippen LogP contribution in [0, 0.1) is 0 Å². The standard InChI is InChI=1S/C21H20F5N3O4/c1-11-2-3-12-15(5-4-13-16(12)29(11)10-14(17(13)30)18(31)32)27-6-8-28(9-7-27)19(33)20(22,23)21(24,25)26/h4-5,10-11H,2-3,6-9H2,1H3,(H,31,32). The van der Waals surface area contributed by atoms with Crippen LogP contribution >= 0.6 is 0 Å². The molecule has 2 aliphatic heterocycles. The van der Waals surface area contributed by atoms with Crippen LogP contribution in [0.4, 0.5) is 27.6 Å². The largest absolute Gasteiger partial charge is 0.477 e. The fourth-order valence-electron chi connectivity index (χ4n) is 4.52. The van der Waals surface area contributed by atoms with Crippen LogP contribution in [-0.2, 0) is 11.2 Å². The molecule has 0 radical (unpaired) electrons. The van der Waals surface area contributed by atoms with Crippen LogP contribution in [0.3, 0.4) is 0 Å². The van der Waals surface area contributed by atoms with Crippen molar-refractivity contribution >= 4 is 28.5 Å². The molecule has 178 valence electrons. The Bertz CT molecular complexity index is 1200. The Morgan fingerprint density at radius 1 is 1.06 bits per heavy atom. The van der Waals surface area contributed by atoms with Gasteiger partial charge in [-0.1, -0.05) is 0 Å². The number of carbonyl (C=O) groups excluding carboxylic acids is 1. The Hall–Kier alpha value is -3.18. The van der Waals surface area contributed by atoms with E-state index >= 15 is 0 Å². The average Bonchev–Trinajstić information content (AvgIpc) is 2.75. The first kappa shape index (κ1) is 23.0. The molecular formula is C21H20F5N3O4. The number of halogens is 5. The summed E-state index contributed by atoms with van der Waals surface area (Å²) >= 11 is 0. The number of pyridine rings is 1. The summed E-state index contributed by atoms with van der Waals surface area (Å²) in [5, 5.41) is 9.63. The van der Waals surface area contributed by atoms with Gasteiger partial charge < -0.3 is 19.5 Å². The maximum atomic E-state index is 13.4. The molecule has 7 nitrogen and oxygen atoms in total. The van der Waals surface area contributed by atoms with E-state index in [2.05, 4.69) is 0 Å². The number of rotatable bonds is 3. The van der Waals surface area contributed by atoms with Crippen LogP contribution in [0.2, 0.25) is 0 Å². The van der Waals surface area contributed by atoms with Gasteiger partial charge in [0.25, 0.3) is 0 Å². The quantitative estimate of drug-likeness (QED) is 0.693. The predicted octanol–water partition coefficient (Wildman–Crippen LogP) is 3.05. The molecule has 1 N–H and O–H groups in total. The minimum absolute atomic E-state index is 0.0329. The molecule has 1 saturated heterocycles. The number of aromatic nitrogens is 1. The second kappa shape index (κ2) is 7.70. The number of nitrogens with zero attached hydrogens (tertiary/aromatic N) is 3. The number of carbonyl (C=O) groups is 2. The maximum Gasteiger partial charge on any atom is 0.463 e. The van der Waals surface area contributed by atoms with Gasteiger partial charge in [0.05, 0.1) is 5.52 Å². The summed E-state index contributed by atoms with van der Waals surface area (Å²) in [7, 11) is 0. The number of aryl methyl sites for hydroxylation is 1. The molecule has 12 heteroatoms. The molecule has 2 aliphatic rings. The van der Waals surface area contributed by atoms with Crippen molar-refractivity contribution < 1.29 is 36.6 Å². The molecule has 0 spiro atoms. The van der Waals surface area contributed by atoms with E-state index in [0.717, 1.165) is 5.56 Å². The van der Waals surface area contributed by atoms with Gasteiger partial charge in [0.1, 0.15) is 5.56 Å². The number of hydrogen-bond donors (Lipinski definition) is 1. The van der Waals surface area contributed by atoms with E-state index in [-0.39, 0.29) is 43.2 Å². The normalized spacial score (nSPS) is 19.2. The highest BCUT2D eigenvalue weighted by Gasteiger charge is 2.64. The summed E-state index contributed by atoms with van der Waals surface area (Å²) in [6, 6.07) is 3.08. The van der Waals surface area contributed by atoms with Crippen molar-refractivity contribution in [3.63, 3.8) is 0 Å².